The van der Waals surface area contributed by atoms with E-state index >= 15 is 0 Å². The van der Waals surface area contributed by atoms with Crippen molar-refractivity contribution in [3.8, 4) is 5.75 Å². The van der Waals surface area contributed by atoms with Crippen LogP contribution in [0.2, 0.25) is 5.02 Å². The smallest absolute Gasteiger partial charge is 0.324 e. The highest BCUT2D eigenvalue weighted by molar-refractivity contribution is 7.94. The molecule has 0 spiro atoms. The first-order valence-corrected chi connectivity index (χ1v) is 8.58. The van der Waals surface area contributed by atoms with Gasteiger partial charge in [0.05, 0.1) is 17.9 Å². The van der Waals surface area contributed by atoms with Gasteiger partial charge in [-0.15, -0.1) is 0 Å². The van der Waals surface area contributed by atoms with Gasteiger partial charge >= 0.3 is 10.2 Å². The second-order valence-corrected chi connectivity index (χ2v) is 6.96. The van der Waals surface area contributed by atoms with Crippen LogP contribution in [0.15, 0.2) is 42.5 Å². The molecule has 0 radical (unpaired) electrons. The molecule has 0 aromatic heterocycles. The molecule has 22 heavy (non-hydrogen) atoms. The van der Waals surface area contributed by atoms with Gasteiger partial charge in [-0.1, -0.05) is 29.8 Å². The molecule has 2 aromatic carbocycles. The summed E-state index contributed by atoms with van der Waals surface area (Å²) in [6, 6.07) is 12.1. The molecule has 0 atom stereocenters. The van der Waals surface area contributed by atoms with Crippen molar-refractivity contribution in [2.24, 2.45) is 0 Å². The van der Waals surface area contributed by atoms with Gasteiger partial charge in [-0.25, -0.2) is 4.31 Å². The van der Waals surface area contributed by atoms with Crippen molar-refractivity contribution in [2.45, 2.75) is 6.92 Å². The van der Waals surface area contributed by atoms with Crippen LogP contribution < -0.4 is 13.8 Å². The van der Waals surface area contributed by atoms with E-state index in [9.17, 15) is 8.42 Å². The zero-order chi connectivity index (χ0) is 15.7. The maximum Gasteiger partial charge on any atom is 0.324 e. The standard InChI is InChI=1S/C15H15ClN2O3S/c1-11-6-7-12(10-13(11)16)17-22(19,20)18-8-9-21-15-5-3-2-4-14(15)18/h2-7,10,17H,8-9H2,1H3. The van der Waals surface area contributed by atoms with E-state index in [1.54, 1.807) is 36.4 Å². The van der Waals surface area contributed by atoms with Crippen molar-refractivity contribution < 1.29 is 13.2 Å². The van der Waals surface area contributed by atoms with Gasteiger partial charge in [0.25, 0.3) is 0 Å². The highest BCUT2D eigenvalue weighted by Gasteiger charge is 2.28. The number of anilines is 2. The van der Waals surface area contributed by atoms with E-state index in [0.717, 1.165) is 5.56 Å². The lowest BCUT2D eigenvalue weighted by atomic mass is 10.2. The summed E-state index contributed by atoms with van der Waals surface area (Å²) in [5.74, 6) is 0.557. The first-order valence-electron chi connectivity index (χ1n) is 6.76. The number of hydrogen-bond acceptors (Lipinski definition) is 3. The number of nitrogens with zero attached hydrogens (tertiary/aromatic N) is 1. The molecule has 1 heterocycles. The Labute approximate surface area is 134 Å². The van der Waals surface area contributed by atoms with Gasteiger partial charge in [0.15, 0.2) is 0 Å². The topological polar surface area (TPSA) is 58.6 Å². The largest absolute Gasteiger partial charge is 0.489 e. The van der Waals surface area contributed by atoms with Crippen LogP contribution in [-0.4, -0.2) is 21.6 Å². The minimum absolute atomic E-state index is 0.256. The molecule has 0 saturated heterocycles. The molecular formula is C15H15ClN2O3S. The molecule has 0 unspecified atom stereocenters. The molecule has 7 heteroatoms. The third-order valence-corrected chi connectivity index (χ3v) is 5.26. The summed E-state index contributed by atoms with van der Waals surface area (Å²) in [6.07, 6.45) is 0. The zero-order valence-corrected chi connectivity index (χ0v) is 13.5. The molecule has 5 nitrogen and oxygen atoms in total. The number of para-hydroxylation sites is 2. The Hall–Kier alpha value is -1.92. The van der Waals surface area contributed by atoms with Gasteiger partial charge in [0, 0.05) is 5.02 Å². The molecular weight excluding hydrogens is 324 g/mol. The normalized spacial score (nSPS) is 14.2. The molecule has 0 saturated carbocycles. The lowest BCUT2D eigenvalue weighted by Crippen LogP contribution is -2.41. The second-order valence-electron chi connectivity index (χ2n) is 4.96. The van der Waals surface area contributed by atoms with Gasteiger partial charge in [-0.3, -0.25) is 4.72 Å². The average Bonchev–Trinajstić information content (AvgIpc) is 2.50. The molecule has 0 bridgehead atoms. The Kier molecular flexibility index (Phi) is 3.88. The van der Waals surface area contributed by atoms with E-state index < -0.39 is 10.2 Å². The Bertz CT molecular complexity index is 808. The fourth-order valence-electron chi connectivity index (χ4n) is 2.25. The molecule has 1 aliphatic heterocycles. The van der Waals surface area contributed by atoms with Crippen molar-refractivity contribution >= 4 is 33.2 Å². The fraction of sp³-hybridized carbons (Fsp3) is 0.200. The fourth-order valence-corrected chi connectivity index (χ4v) is 3.69. The van der Waals surface area contributed by atoms with Gasteiger partial charge in [0.2, 0.25) is 0 Å². The van der Waals surface area contributed by atoms with Crippen LogP contribution in [0.4, 0.5) is 11.4 Å². The quantitative estimate of drug-likeness (QED) is 0.935. The average molecular weight is 339 g/mol. The van der Waals surface area contributed by atoms with E-state index in [-0.39, 0.29) is 6.54 Å². The second kappa shape index (κ2) is 5.70. The van der Waals surface area contributed by atoms with Crippen LogP contribution in [0.5, 0.6) is 5.75 Å². The van der Waals surface area contributed by atoms with Gasteiger partial charge in [0.1, 0.15) is 12.4 Å². The minimum atomic E-state index is -3.73. The first kappa shape index (κ1) is 15.0. The molecule has 0 fully saturated rings. The molecule has 0 aliphatic carbocycles. The summed E-state index contributed by atoms with van der Waals surface area (Å²) in [7, 11) is -3.73. The zero-order valence-electron chi connectivity index (χ0n) is 11.9. The lowest BCUT2D eigenvalue weighted by molar-refractivity contribution is 0.316. The molecule has 116 valence electrons. The van der Waals surface area contributed by atoms with E-state index in [0.29, 0.717) is 28.8 Å². The van der Waals surface area contributed by atoms with E-state index in [1.165, 1.54) is 4.31 Å². The van der Waals surface area contributed by atoms with Crippen LogP contribution >= 0.6 is 11.6 Å². The maximum absolute atomic E-state index is 12.6. The summed E-state index contributed by atoms with van der Waals surface area (Å²) in [4.78, 5) is 0. The van der Waals surface area contributed by atoms with Crippen molar-refractivity contribution in [1.29, 1.82) is 0 Å². The third-order valence-electron chi connectivity index (χ3n) is 3.39. The number of rotatable bonds is 3. The molecule has 2 aromatic rings. The van der Waals surface area contributed by atoms with Gasteiger partial charge < -0.3 is 4.74 Å². The number of nitrogens with one attached hydrogen (secondary N) is 1. The summed E-state index contributed by atoms with van der Waals surface area (Å²) < 4.78 is 34.6. The van der Waals surface area contributed by atoms with Crippen LogP contribution in [0.3, 0.4) is 0 Å². The van der Waals surface area contributed by atoms with Gasteiger partial charge in [-0.05, 0) is 36.8 Å². The number of benzene rings is 2. The van der Waals surface area contributed by atoms with Crippen LogP contribution in [0.1, 0.15) is 5.56 Å². The highest BCUT2D eigenvalue weighted by atomic mass is 35.5. The van der Waals surface area contributed by atoms with Crippen molar-refractivity contribution in [1.82, 2.24) is 0 Å². The van der Waals surface area contributed by atoms with E-state index in [2.05, 4.69) is 4.72 Å². The Morgan fingerprint density at radius 2 is 2.00 bits per heavy atom. The molecule has 1 N–H and O–H groups in total. The summed E-state index contributed by atoms with van der Waals surface area (Å²) in [5.41, 5.74) is 1.85. The first-order chi connectivity index (χ1) is 10.5. The minimum Gasteiger partial charge on any atom is -0.489 e. The van der Waals surface area contributed by atoms with E-state index in [4.69, 9.17) is 16.3 Å². The molecule has 1 aliphatic rings. The van der Waals surface area contributed by atoms with Crippen LogP contribution in [0, 0.1) is 6.92 Å². The predicted molar refractivity (Wildman–Crippen MR) is 88.0 cm³/mol. The Balaban J connectivity index is 1.92. The predicted octanol–water partition coefficient (Wildman–Crippen LogP) is 3.20. The maximum atomic E-state index is 12.6. The van der Waals surface area contributed by atoms with Crippen LogP contribution in [-0.2, 0) is 10.2 Å². The van der Waals surface area contributed by atoms with Crippen LogP contribution in [0.25, 0.3) is 0 Å². The van der Waals surface area contributed by atoms with E-state index in [1.807, 2.05) is 13.0 Å². The third kappa shape index (κ3) is 2.84. The Morgan fingerprint density at radius 3 is 2.77 bits per heavy atom. The number of ether oxygens (including phenoxy) is 1. The molecule has 3 rings (SSSR count). The number of fused-ring (bicyclic) bond motifs is 1. The van der Waals surface area contributed by atoms with Gasteiger partial charge in [-0.2, -0.15) is 8.42 Å². The number of aryl methyl sites for hydroxylation is 1. The SMILES string of the molecule is Cc1ccc(NS(=O)(=O)N2CCOc3ccccc32)cc1Cl. The Morgan fingerprint density at radius 1 is 1.23 bits per heavy atom. The number of hydrogen-bond donors (Lipinski definition) is 1. The summed E-state index contributed by atoms with van der Waals surface area (Å²) in [5, 5.41) is 0.516. The lowest BCUT2D eigenvalue weighted by Gasteiger charge is -2.30. The van der Waals surface area contributed by atoms with Crippen molar-refractivity contribution in [3.63, 3.8) is 0 Å². The number of halogens is 1. The summed E-state index contributed by atoms with van der Waals surface area (Å²) >= 11 is 6.04. The highest BCUT2D eigenvalue weighted by Crippen LogP contribution is 2.33. The van der Waals surface area contributed by atoms with Crippen molar-refractivity contribution in [2.75, 3.05) is 22.2 Å². The monoisotopic (exact) mass is 338 g/mol. The summed E-state index contributed by atoms with van der Waals surface area (Å²) in [6.45, 7) is 2.43. The molecule has 0 amide bonds. The van der Waals surface area contributed by atoms with Crippen molar-refractivity contribution in [3.05, 3.63) is 53.1 Å².